The van der Waals surface area contributed by atoms with Crippen molar-refractivity contribution in [1.29, 1.82) is 0 Å². The molecule has 2 amide bonds. The highest BCUT2D eigenvalue weighted by Crippen LogP contribution is 2.55. The number of carbonyl (C=O) groups excluding carboxylic acids is 3. The van der Waals surface area contributed by atoms with Crippen LogP contribution < -0.4 is 43.1 Å². The first-order chi connectivity index (χ1) is 24.8. The zero-order chi connectivity index (χ0) is 38.3. The minimum atomic E-state index is -0.653. The second-order valence-electron chi connectivity index (χ2n) is 13.0. The lowest BCUT2D eigenvalue weighted by Crippen LogP contribution is -2.34. The van der Waals surface area contributed by atoms with Crippen molar-refractivity contribution in [2.45, 2.75) is 31.6 Å². The van der Waals surface area contributed by atoms with Crippen LogP contribution in [0.2, 0.25) is 0 Å². The molecule has 0 atom stereocenters. The maximum Gasteiger partial charge on any atom is 0.230 e. The van der Waals surface area contributed by atoms with E-state index in [-0.39, 0.29) is 43.4 Å². The lowest BCUT2D eigenvalue weighted by Gasteiger charge is -2.31. The van der Waals surface area contributed by atoms with Gasteiger partial charge in [0.05, 0.1) is 55.1 Å². The number of likely N-dealkylation sites (tertiary alicyclic amines) is 1. The molecule has 52 heavy (non-hydrogen) atoms. The standard InChI is InChI=1S/C39H52N4O9/c1-40(2)24-17-28(47-6)36(29(18-24)48-7)39(37-30(49-8)19-25(41(3)4)20-31(37)50-9)38-32(51-10)21-26(22-33(38)52-11)42(5)16-12-13-27(44)23-43-34(45)14-15-35(43)46/h17-22,39H,12-16,23H2,1-11H3. The number of ether oxygens (including phenoxy) is 6. The summed E-state index contributed by atoms with van der Waals surface area (Å²) in [5.74, 6) is 1.94. The molecule has 4 rings (SSSR count). The third-order valence-corrected chi connectivity index (χ3v) is 9.36. The highest BCUT2D eigenvalue weighted by atomic mass is 16.5. The smallest absolute Gasteiger partial charge is 0.230 e. The molecular weight excluding hydrogens is 668 g/mol. The van der Waals surface area contributed by atoms with E-state index in [9.17, 15) is 14.4 Å². The van der Waals surface area contributed by atoms with Crippen molar-refractivity contribution in [2.24, 2.45) is 0 Å². The minimum Gasteiger partial charge on any atom is -0.496 e. The molecule has 0 spiro atoms. The van der Waals surface area contributed by atoms with Gasteiger partial charge in [-0.1, -0.05) is 0 Å². The van der Waals surface area contributed by atoms with Gasteiger partial charge >= 0.3 is 0 Å². The average Bonchev–Trinajstić information content (AvgIpc) is 3.46. The van der Waals surface area contributed by atoms with E-state index >= 15 is 0 Å². The van der Waals surface area contributed by atoms with Crippen LogP contribution in [0.15, 0.2) is 36.4 Å². The summed E-state index contributed by atoms with van der Waals surface area (Å²) in [6.07, 6.45) is 1.06. The summed E-state index contributed by atoms with van der Waals surface area (Å²) in [5.41, 5.74) is 4.64. The molecule has 13 nitrogen and oxygen atoms in total. The van der Waals surface area contributed by atoms with Gasteiger partial charge in [0.2, 0.25) is 11.8 Å². The summed E-state index contributed by atoms with van der Waals surface area (Å²) >= 11 is 0. The van der Waals surface area contributed by atoms with Gasteiger partial charge in [0.1, 0.15) is 34.5 Å². The van der Waals surface area contributed by atoms with Crippen LogP contribution >= 0.6 is 0 Å². The minimum absolute atomic E-state index is 0.156. The molecule has 3 aromatic rings. The van der Waals surface area contributed by atoms with Crippen molar-refractivity contribution in [3.8, 4) is 34.5 Å². The first kappa shape index (κ1) is 39.5. The van der Waals surface area contributed by atoms with E-state index in [1.54, 1.807) is 42.7 Å². The van der Waals surface area contributed by atoms with E-state index in [1.165, 1.54) is 0 Å². The molecule has 282 valence electrons. The number of methoxy groups -OCH3 is 6. The first-order valence-electron chi connectivity index (χ1n) is 17.0. The van der Waals surface area contributed by atoms with Gasteiger partial charge in [-0.15, -0.1) is 0 Å². The molecule has 1 fully saturated rings. The predicted molar refractivity (Wildman–Crippen MR) is 202 cm³/mol. The number of hydrogen-bond acceptors (Lipinski definition) is 12. The largest absolute Gasteiger partial charge is 0.496 e. The summed E-state index contributed by atoms with van der Waals surface area (Å²) < 4.78 is 36.6. The number of amides is 2. The Kier molecular flexibility index (Phi) is 13.1. The topological polar surface area (TPSA) is 120 Å². The molecule has 3 aromatic carbocycles. The second kappa shape index (κ2) is 17.3. The van der Waals surface area contributed by atoms with E-state index in [0.29, 0.717) is 64.2 Å². The van der Waals surface area contributed by atoms with Crippen molar-refractivity contribution in [2.75, 3.05) is 106 Å². The van der Waals surface area contributed by atoms with E-state index in [1.807, 2.05) is 86.3 Å². The number of imide groups is 1. The third-order valence-electron chi connectivity index (χ3n) is 9.36. The number of rotatable bonds is 18. The molecule has 1 aliphatic heterocycles. The Hall–Kier alpha value is -5.33. The molecule has 1 saturated heterocycles. The lowest BCUT2D eigenvalue weighted by atomic mass is 9.81. The number of benzene rings is 3. The van der Waals surface area contributed by atoms with Gasteiger partial charge in [0, 0.05) is 131 Å². The van der Waals surface area contributed by atoms with Crippen molar-refractivity contribution < 1.29 is 42.8 Å². The zero-order valence-electron chi connectivity index (χ0n) is 32.2. The molecule has 0 aromatic heterocycles. The zero-order valence-corrected chi connectivity index (χ0v) is 32.2. The van der Waals surface area contributed by atoms with Crippen LogP contribution in [-0.4, -0.2) is 113 Å². The van der Waals surface area contributed by atoms with Gasteiger partial charge in [0.25, 0.3) is 0 Å². The van der Waals surface area contributed by atoms with Gasteiger partial charge in [-0.05, 0) is 6.42 Å². The van der Waals surface area contributed by atoms with Crippen molar-refractivity contribution >= 4 is 34.7 Å². The number of ketones is 1. The van der Waals surface area contributed by atoms with Gasteiger partial charge in [-0.25, -0.2) is 0 Å². The number of nitrogens with zero attached hydrogens (tertiary/aromatic N) is 4. The van der Waals surface area contributed by atoms with Gasteiger partial charge in [-0.3, -0.25) is 19.3 Å². The quantitative estimate of drug-likeness (QED) is 0.130. The Balaban J connectivity index is 1.87. The Morgan fingerprint density at radius 1 is 0.596 bits per heavy atom. The number of hydrogen-bond donors (Lipinski definition) is 0. The molecular formula is C39H52N4O9. The fraction of sp³-hybridized carbons (Fsp3) is 0.462. The normalized spacial score (nSPS) is 12.6. The summed E-state index contributed by atoms with van der Waals surface area (Å²) in [7, 11) is 19.4. The number of Topliss-reactive ketones (excluding diaryl/α,β-unsaturated/α-hetero) is 1. The molecule has 0 N–H and O–H groups in total. The summed E-state index contributed by atoms with van der Waals surface area (Å²) in [5, 5.41) is 0. The fourth-order valence-corrected chi connectivity index (χ4v) is 6.50. The lowest BCUT2D eigenvalue weighted by molar-refractivity contribution is -0.141. The monoisotopic (exact) mass is 720 g/mol. The predicted octanol–water partition coefficient (Wildman–Crippen LogP) is 4.98. The van der Waals surface area contributed by atoms with E-state index in [2.05, 4.69) is 0 Å². The SMILES string of the molecule is COc1cc(N(C)C)cc(OC)c1C(c1c(OC)cc(N(C)C)cc1OC)c1c(OC)cc(N(C)CCCC(=O)CN2C(=O)CCC2=O)cc1OC. The Morgan fingerprint density at radius 2 is 0.923 bits per heavy atom. The van der Waals surface area contributed by atoms with Gasteiger partial charge in [-0.2, -0.15) is 0 Å². The van der Waals surface area contributed by atoms with Crippen LogP contribution in [0.25, 0.3) is 0 Å². The van der Waals surface area contributed by atoms with Crippen molar-refractivity contribution in [1.82, 2.24) is 4.90 Å². The summed E-state index contributed by atoms with van der Waals surface area (Å²) in [4.78, 5) is 43.6. The molecule has 0 saturated carbocycles. The Labute approximate surface area is 306 Å². The first-order valence-corrected chi connectivity index (χ1v) is 17.0. The van der Waals surface area contributed by atoms with Crippen LogP contribution in [0, 0.1) is 0 Å². The maximum absolute atomic E-state index is 12.7. The highest BCUT2D eigenvalue weighted by molar-refractivity contribution is 6.04. The summed E-state index contributed by atoms with van der Waals surface area (Å²) in [6, 6.07) is 11.7. The maximum atomic E-state index is 12.7. The number of carbonyl (C=O) groups is 3. The van der Waals surface area contributed by atoms with E-state index < -0.39 is 5.92 Å². The Bertz CT molecular complexity index is 1620. The van der Waals surface area contributed by atoms with E-state index in [4.69, 9.17) is 28.4 Å². The molecule has 0 aliphatic carbocycles. The van der Waals surface area contributed by atoms with Crippen LogP contribution in [0.4, 0.5) is 17.1 Å². The molecule has 0 radical (unpaired) electrons. The fourth-order valence-electron chi connectivity index (χ4n) is 6.50. The highest BCUT2D eigenvalue weighted by Gasteiger charge is 2.36. The Morgan fingerprint density at radius 3 is 1.23 bits per heavy atom. The molecule has 1 heterocycles. The van der Waals surface area contributed by atoms with Crippen LogP contribution in [0.5, 0.6) is 34.5 Å². The summed E-state index contributed by atoms with van der Waals surface area (Å²) in [6.45, 7) is 0.341. The van der Waals surface area contributed by atoms with Crippen LogP contribution in [0.1, 0.15) is 48.3 Å². The molecule has 13 heteroatoms. The molecule has 0 bridgehead atoms. The van der Waals surface area contributed by atoms with Crippen LogP contribution in [0.3, 0.4) is 0 Å². The van der Waals surface area contributed by atoms with Crippen molar-refractivity contribution in [3.05, 3.63) is 53.1 Å². The van der Waals surface area contributed by atoms with Gasteiger partial charge < -0.3 is 43.1 Å². The van der Waals surface area contributed by atoms with Crippen LogP contribution in [-0.2, 0) is 14.4 Å². The second-order valence-corrected chi connectivity index (χ2v) is 13.0. The molecule has 0 unspecified atom stereocenters. The van der Waals surface area contributed by atoms with E-state index in [0.717, 1.165) is 22.0 Å². The average molecular weight is 721 g/mol. The third kappa shape index (κ3) is 8.24. The molecule has 1 aliphatic rings. The van der Waals surface area contributed by atoms with Gasteiger partial charge in [0.15, 0.2) is 5.78 Å². The number of anilines is 3. The van der Waals surface area contributed by atoms with Crippen molar-refractivity contribution in [3.63, 3.8) is 0 Å².